The van der Waals surface area contributed by atoms with Crippen molar-refractivity contribution in [3.63, 3.8) is 0 Å². The first-order chi connectivity index (χ1) is 9.92. The summed E-state index contributed by atoms with van der Waals surface area (Å²) in [6.07, 6.45) is 1.51. The van der Waals surface area contributed by atoms with E-state index in [0.29, 0.717) is 20.5 Å². The van der Waals surface area contributed by atoms with Gasteiger partial charge in [0.25, 0.3) is 0 Å². The molecule has 0 aliphatic carbocycles. The van der Waals surface area contributed by atoms with Crippen LogP contribution in [0.25, 0.3) is 0 Å². The van der Waals surface area contributed by atoms with E-state index in [1.54, 1.807) is 20.0 Å². The van der Waals surface area contributed by atoms with E-state index in [4.69, 9.17) is 4.74 Å². The molecule has 1 N–H and O–H groups in total. The lowest BCUT2D eigenvalue weighted by molar-refractivity contribution is -0.385. The minimum Gasteiger partial charge on any atom is -0.430 e. The van der Waals surface area contributed by atoms with Gasteiger partial charge in [-0.2, -0.15) is 4.98 Å². The van der Waals surface area contributed by atoms with Crippen LogP contribution in [-0.2, 0) is 0 Å². The van der Waals surface area contributed by atoms with Crippen molar-refractivity contribution in [3.05, 3.63) is 43.0 Å². The Morgan fingerprint density at radius 2 is 2.10 bits per heavy atom. The number of nitro benzene ring substituents is 1. The van der Waals surface area contributed by atoms with Gasteiger partial charge in [-0.05, 0) is 28.9 Å². The van der Waals surface area contributed by atoms with E-state index in [9.17, 15) is 10.1 Å². The zero-order valence-electron chi connectivity index (χ0n) is 11.1. The second-order valence-corrected chi connectivity index (χ2v) is 5.80. The highest BCUT2D eigenvalue weighted by atomic mass is 79.9. The van der Waals surface area contributed by atoms with Gasteiger partial charge in [0.2, 0.25) is 17.6 Å². The largest absolute Gasteiger partial charge is 0.430 e. The highest BCUT2D eigenvalue weighted by Crippen LogP contribution is 2.38. The number of ether oxygens (including phenoxy) is 1. The number of hydrogen-bond acceptors (Lipinski definition) is 6. The van der Waals surface area contributed by atoms with Crippen LogP contribution < -0.4 is 10.1 Å². The Labute approximate surface area is 137 Å². The van der Waals surface area contributed by atoms with Gasteiger partial charge >= 0.3 is 5.69 Å². The molecule has 0 amide bonds. The van der Waals surface area contributed by atoms with Crippen LogP contribution >= 0.6 is 31.9 Å². The molecule has 0 aliphatic heterocycles. The molecule has 0 fully saturated rings. The maximum atomic E-state index is 11.2. The van der Waals surface area contributed by atoms with Gasteiger partial charge in [0.15, 0.2) is 0 Å². The van der Waals surface area contributed by atoms with Crippen LogP contribution in [0.1, 0.15) is 5.56 Å². The third kappa shape index (κ3) is 3.48. The maximum absolute atomic E-state index is 11.2. The smallest absolute Gasteiger partial charge is 0.313 e. The van der Waals surface area contributed by atoms with Crippen molar-refractivity contribution in [3.8, 4) is 11.6 Å². The predicted molar refractivity (Wildman–Crippen MR) is 84.9 cm³/mol. The summed E-state index contributed by atoms with van der Waals surface area (Å²) in [4.78, 5) is 18.8. The Morgan fingerprint density at radius 3 is 2.71 bits per heavy atom. The summed E-state index contributed by atoms with van der Waals surface area (Å²) in [5.74, 6) is 0.693. The molecule has 0 bridgehead atoms. The van der Waals surface area contributed by atoms with Gasteiger partial charge in [-0.1, -0.05) is 15.9 Å². The molecule has 0 unspecified atom stereocenters. The van der Waals surface area contributed by atoms with Crippen molar-refractivity contribution in [2.75, 3.05) is 12.4 Å². The van der Waals surface area contributed by atoms with E-state index < -0.39 is 4.92 Å². The van der Waals surface area contributed by atoms with Crippen molar-refractivity contribution in [1.82, 2.24) is 9.97 Å². The fourth-order valence-corrected chi connectivity index (χ4v) is 2.45. The van der Waals surface area contributed by atoms with Crippen molar-refractivity contribution in [1.29, 1.82) is 0 Å². The number of rotatable bonds is 4. The monoisotopic (exact) mass is 416 g/mol. The summed E-state index contributed by atoms with van der Waals surface area (Å²) >= 11 is 6.49. The van der Waals surface area contributed by atoms with Crippen LogP contribution in [0.4, 0.5) is 11.6 Å². The number of aromatic nitrogens is 2. The van der Waals surface area contributed by atoms with Crippen LogP contribution in [0, 0.1) is 17.0 Å². The first kappa shape index (κ1) is 15.6. The predicted octanol–water partition coefficient (Wildman–Crippen LogP) is 4.05. The molecular weight excluding hydrogens is 408 g/mol. The van der Waals surface area contributed by atoms with Crippen LogP contribution in [0.15, 0.2) is 27.3 Å². The van der Waals surface area contributed by atoms with Crippen LogP contribution in [0.3, 0.4) is 0 Å². The minimum absolute atomic E-state index is 0.140. The molecule has 0 aliphatic rings. The highest BCUT2D eigenvalue weighted by molar-refractivity contribution is 9.10. The van der Waals surface area contributed by atoms with E-state index >= 15 is 0 Å². The lowest BCUT2D eigenvalue weighted by Gasteiger charge is -2.10. The van der Waals surface area contributed by atoms with Crippen LogP contribution in [0.5, 0.6) is 11.6 Å². The third-order valence-corrected chi connectivity index (χ3v) is 3.55. The number of nitrogens with zero attached hydrogens (tertiary/aromatic N) is 3. The molecule has 21 heavy (non-hydrogen) atoms. The molecule has 0 spiro atoms. The highest BCUT2D eigenvalue weighted by Gasteiger charge is 2.21. The average molecular weight is 418 g/mol. The Kier molecular flexibility index (Phi) is 4.73. The molecule has 1 aromatic carbocycles. The van der Waals surface area contributed by atoms with E-state index in [-0.39, 0.29) is 17.3 Å². The van der Waals surface area contributed by atoms with E-state index in [1.807, 2.05) is 0 Å². The number of halogens is 2. The molecule has 0 saturated carbocycles. The van der Waals surface area contributed by atoms with Crippen molar-refractivity contribution in [2.45, 2.75) is 6.92 Å². The molecule has 110 valence electrons. The van der Waals surface area contributed by atoms with E-state index in [0.717, 1.165) is 0 Å². The van der Waals surface area contributed by atoms with E-state index in [2.05, 4.69) is 47.1 Å². The fourth-order valence-electron chi connectivity index (χ4n) is 1.62. The molecular formula is C12H10Br2N4O3. The van der Waals surface area contributed by atoms with Crippen molar-refractivity contribution in [2.24, 2.45) is 0 Å². The van der Waals surface area contributed by atoms with Crippen molar-refractivity contribution < 1.29 is 9.66 Å². The molecule has 1 heterocycles. The first-order valence-electron chi connectivity index (χ1n) is 5.75. The molecule has 2 rings (SSSR count). The SMILES string of the molecule is CNc1ncc(Br)c(Oc2c(C)cc(Br)cc2[N+](=O)[O-])n1. The second kappa shape index (κ2) is 6.35. The van der Waals surface area contributed by atoms with Gasteiger partial charge in [-0.25, -0.2) is 4.98 Å². The Hall–Kier alpha value is -1.74. The summed E-state index contributed by atoms with van der Waals surface area (Å²) < 4.78 is 6.74. The quantitative estimate of drug-likeness (QED) is 0.596. The number of nitrogens with one attached hydrogen (secondary N) is 1. The molecule has 7 nitrogen and oxygen atoms in total. The summed E-state index contributed by atoms with van der Waals surface area (Å²) in [7, 11) is 1.67. The van der Waals surface area contributed by atoms with Gasteiger partial charge in [0.1, 0.15) is 0 Å². The second-order valence-electron chi connectivity index (χ2n) is 4.03. The first-order valence-corrected chi connectivity index (χ1v) is 7.33. The maximum Gasteiger partial charge on any atom is 0.313 e. The number of anilines is 1. The standard InChI is InChI=1S/C12H10Br2N4O3/c1-6-3-7(13)4-9(18(19)20)10(6)21-11-8(14)5-16-12(15-2)17-11/h3-5H,1-2H3,(H,15,16,17). The lowest BCUT2D eigenvalue weighted by atomic mass is 10.2. The number of aryl methyl sites for hydroxylation is 1. The Balaban J connectivity index is 2.51. The third-order valence-electron chi connectivity index (χ3n) is 2.55. The average Bonchev–Trinajstić information content (AvgIpc) is 2.43. The molecule has 1 aromatic heterocycles. The summed E-state index contributed by atoms with van der Waals surface area (Å²) in [6.45, 7) is 1.72. The Morgan fingerprint density at radius 1 is 1.38 bits per heavy atom. The topological polar surface area (TPSA) is 90.2 Å². The zero-order chi connectivity index (χ0) is 15.6. The fraction of sp³-hybridized carbons (Fsp3) is 0.167. The van der Waals surface area contributed by atoms with Crippen LogP contribution in [-0.4, -0.2) is 21.9 Å². The lowest BCUT2D eigenvalue weighted by Crippen LogP contribution is -2.01. The summed E-state index contributed by atoms with van der Waals surface area (Å²) in [6, 6.07) is 3.12. The zero-order valence-corrected chi connectivity index (χ0v) is 14.2. The number of hydrogen-bond donors (Lipinski definition) is 1. The van der Waals surface area contributed by atoms with Gasteiger partial charge in [0, 0.05) is 23.2 Å². The Bertz CT molecular complexity index is 709. The van der Waals surface area contributed by atoms with E-state index in [1.165, 1.54) is 12.3 Å². The summed E-state index contributed by atoms with van der Waals surface area (Å²) in [5, 5.41) is 13.9. The number of benzene rings is 1. The van der Waals surface area contributed by atoms with Gasteiger partial charge < -0.3 is 10.1 Å². The normalized spacial score (nSPS) is 10.3. The molecule has 0 saturated heterocycles. The summed E-state index contributed by atoms with van der Waals surface area (Å²) in [5.41, 5.74) is 0.478. The molecule has 2 aromatic rings. The molecule has 9 heteroatoms. The minimum atomic E-state index is -0.499. The van der Waals surface area contributed by atoms with Gasteiger partial charge in [-0.15, -0.1) is 0 Å². The number of nitro groups is 1. The molecule has 0 radical (unpaired) electrons. The van der Waals surface area contributed by atoms with Gasteiger partial charge in [0.05, 0.1) is 15.6 Å². The van der Waals surface area contributed by atoms with Crippen molar-refractivity contribution >= 4 is 43.5 Å². The van der Waals surface area contributed by atoms with Gasteiger partial charge in [-0.3, -0.25) is 10.1 Å². The molecule has 0 atom stereocenters. The van der Waals surface area contributed by atoms with Crippen LogP contribution in [0.2, 0.25) is 0 Å².